The molecule has 1 aromatic carbocycles. The van der Waals surface area contributed by atoms with Crippen LogP contribution >= 0.6 is 27.3 Å². The van der Waals surface area contributed by atoms with Gasteiger partial charge in [-0.15, -0.1) is 10.2 Å². The lowest BCUT2D eigenvalue weighted by atomic mass is 10.2. The summed E-state index contributed by atoms with van der Waals surface area (Å²) in [5, 5.41) is 14.4. The third-order valence-electron chi connectivity index (χ3n) is 2.67. The molecule has 0 aliphatic rings. The third kappa shape index (κ3) is 4.88. The number of benzene rings is 1. The zero-order valence-electron chi connectivity index (χ0n) is 11.9. The van der Waals surface area contributed by atoms with Crippen molar-refractivity contribution in [3.8, 4) is 0 Å². The van der Waals surface area contributed by atoms with Gasteiger partial charge in [0.1, 0.15) is 5.01 Å². The van der Waals surface area contributed by atoms with E-state index >= 15 is 0 Å². The summed E-state index contributed by atoms with van der Waals surface area (Å²) in [6.07, 6.45) is 1.82. The Morgan fingerprint density at radius 3 is 2.86 bits per heavy atom. The molecule has 116 valence electrons. The molecule has 0 fully saturated rings. The molecule has 0 bridgehead atoms. The topological polar surface area (TPSA) is 84.0 Å². The van der Waals surface area contributed by atoms with Gasteiger partial charge in [0.25, 0.3) is 5.91 Å². The molecule has 2 amide bonds. The molecule has 0 saturated carbocycles. The Kier molecular flexibility index (Phi) is 6.02. The Morgan fingerprint density at radius 1 is 1.32 bits per heavy atom. The molecule has 2 aromatic rings. The van der Waals surface area contributed by atoms with Gasteiger partial charge in [0, 0.05) is 16.5 Å². The van der Waals surface area contributed by atoms with Gasteiger partial charge in [-0.25, -0.2) is 0 Å². The van der Waals surface area contributed by atoms with Crippen molar-refractivity contribution in [1.82, 2.24) is 15.5 Å². The average Bonchev–Trinajstić information content (AvgIpc) is 2.92. The maximum atomic E-state index is 11.9. The first-order chi connectivity index (χ1) is 10.6. The second-order valence-corrected chi connectivity index (χ2v) is 6.47. The van der Waals surface area contributed by atoms with Crippen molar-refractivity contribution in [2.75, 3.05) is 11.9 Å². The molecule has 6 nitrogen and oxygen atoms in total. The van der Waals surface area contributed by atoms with E-state index in [9.17, 15) is 9.59 Å². The molecule has 2 rings (SSSR count). The number of aryl methyl sites for hydroxylation is 1. The van der Waals surface area contributed by atoms with E-state index in [1.807, 2.05) is 6.07 Å². The van der Waals surface area contributed by atoms with Crippen molar-refractivity contribution >= 4 is 44.2 Å². The van der Waals surface area contributed by atoms with Crippen LogP contribution < -0.4 is 10.6 Å². The van der Waals surface area contributed by atoms with Gasteiger partial charge < -0.3 is 5.32 Å². The second-order valence-electron chi connectivity index (χ2n) is 4.49. The summed E-state index contributed by atoms with van der Waals surface area (Å²) >= 11 is 4.64. The van der Waals surface area contributed by atoms with Crippen molar-refractivity contribution in [2.24, 2.45) is 0 Å². The van der Waals surface area contributed by atoms with E-state index in [4.69, 9.17) is 0 Å². The Morgan fingerprint density at radius 2 is 2.14 bits per heavy atom. The number of amides is 2. The number of rotatable bonds is 6. The van der Waals surface area contributed by atoms with Crippen LogP contribution in [0.15, 0.2) is 28.7 Å². The summed E-state index contributed by atoms with van der Waals surface area (Å²) in [5.41, 5.74) is 0.489. The standard InChI is InChI=1S/C14H15BrN4O2S/c1-2-4-12-18-19-14(22-12)17-11(20)8-16-13(21)9-5-3-6-10(15)7-9/h3,5-7H,2,4,8H2,1H3,(H,16,21)(H,17,19,20). The molecule has 0 saturated heterocycles. The first kappa shape index (κ1) is 16.6. The lowest BCUT2D eigenvalue weighted by Crippen LogP contribution is -2.32. The SMILES string of the molecule is CCCc1nnc(NC(=O)CNC(=O)c2cccc(Br)c2)s1. The summed E-state index contributed by atoms with van der Waals surface area (Å²) in [5.74, 6) is -0.636. The van der Waals surface area contributed by atoms with Crippen molar-refractivity contribution in [1.29, 1.82) is 0 Å². The molecule has 2 N–H and O–H groups in total. The summed E-state index contributed by atoms with van der Waals surface area (Å²) in [6, 6.07) is 6.96. The first-order valence-electron chi connectivity index (χ1n) is 6.74. The third-order valence-corrected chi connectivity index (χ3v) is 4.07. The van der Waals surface area contributed by atoms with Gasteiger partial charge >= 0.3 is 0 Å². The maximum absolute atomic E-state index is 11.9. The number of nitrogens with one attached hydrogen (secondary N) is 2. The highest BCUT2D eigenvalue weighted by atomic mass is 79.9. The number of hydrogen-bond donors (Lipinski definition) is 2. The monoisotopic (exact) mass is 382 g/mol. The lowest BCUT2D eigenvalue weighted by Gasteiger charge is -2.05. The summed E-state index contributed by atoms with van der Waals surface area (Å²) < 4.78 is 0.807. The molecule has 1 heterocycles. The summed E-state index contributed by atoms with van der Waals surface area (Å²) in [7, 11) is 0. The zero-order valence-corrected chi connectivity index (χ0v) is 14.3. The molecule has 0 atom stereocenters. The Bertz CT molecular complexity index is 674. The fourth-order valence-electron chi connectivity index (χ4n) is 1.67. The molecule has 0 aliphatic carbocycles. The minimum Gasteiger partial charge on any atom is -0.343 e. The van der Waals surface area contributed by atoms with Crippen molar-refractivity contribution < 1.29 is 9.59 Å². The summed E-state index contributed by atoms with van der Waals surface area (Å²) in [4.78, 5) is 23.7. The highest BCUT2D eigenvalue weighted by molar-refractivity contribution is 9.10. The van der Waals surface area contributed by atoms with E-state index in [2.05, 4.69) is 43.7 Å². The van der Waals surface area contributed by atoms with E-state index in [1.54, 1.807) is 18.2 Å². The molecule has 0 spiro atoms. The summed E-state index contributed by atoms with van der Waals surface area (Å²) in [6.45, 7) is 1.94. The maximum Gasteiger partial charge on any atom is 0.251 e. The van der Waals surface area contributed by atoms with Crippen LogP contribution in [0, 0.1) is 0 Å². The van der Waals surface area contributed by atoms with Crippen LogP contribution in [-0.4, -0.2) is 28.6 Å². The van der Waals surface area contributed by atoms with E-state index in [-0.39, 0.29) is 18.4 Å². The van der Waals surface area contributed by atoms with E-state index in [0.29, 0.717) is 10.7 Å². The van der Waals surface area contributed by atoms with Crippen LogP contribution in [0.4, 0.5) is 5.13 Å². The highest BCUT2D eigenvalue weighted by Gasteiger charge is 2.10. The smallest absolute Gasteiger partial charge is 0.251 e. The molecule has 0 aliphatic heterocycles. The largest absolute Gasteiger partial charge is 0.343 e. The minimum absolute atomic E-state index is 0.117. The number of nitrogens with zero attached hydrogens (tertiary/aromatic N) is 2. The normalized spacial score (nSPS) is 10.3. The van der Waals surface area contributed by atoms with Gasteiger partial charge in [-0.2, -0.15) is 0 Å². The fraction of sp³-hybridized carbons (Fsp3) is 0.286. The quantitative estimate of drug-likeness (QED) is 0.803. The number of halogens is 1. The molecule has 0 unspecified atom stereocenters. The molecule has 0 radical (unpaired) electrons. The van der Waals surface area contributed by atoms with Gasteiger partial charge in [0.15, 0.2) is 0 Å². The lowest BCUT2D eigenvalue weighted by molar-refractivity contribution is -0.115. The van der Waals surface area contributed by atoms with Crippen molar-refractivity contribution in [3.63, 3.8) is 0 Å². The van der Waals surface area contributed by atoms with Crippen molar-refractivity contribution in [3.05, 3.63) is 39.3 Å². The number of hydrogen-bond acceptors (Lipinski definition) is 5. The van der Waals surface area contributed by atoms with Crippen LogP contribution in [0.25, 0.3) is 0 Å². The van der Waals surface area contributed by atoms with Gasteiger partial charge in [0.2, 0.25) is 11.0 Å². The van der Waals surface area contributed by atoms with E-state index < -0.39 is 0 Å². The van der Waals surface area contributed by atoms with Gasteiger partial charge in [-0.3, -0.25) is 14.9 Å². The Balaban J connectivity index is 1.83. The van der Waals surface area contributed by atoms with Crippen LogP contribution in [0.2, 0.25) is 0 Å². The number of carbonyl (C=O) groups is 2. The molecule has 8 heteroatoms. The Labute approximate surface area is 140 Å². The second kappa shape index (κ2) is 8.00. The zero-order chi connectivity index (χ0) is 15.9. The number of aromatic nitrogens is 2. The predicted octanol–water partition coefficient (Wildman–Crippen LogP) is 2.62. The average molecular weight is 383 g/mol. The minimum atomic E-state index is -0.331. The van der Waals surface area contributed by atoms with Crippen LogP contribution in [0.5, 0.6) is 0 Å². The highest BCUT2D eigenvalue weighted by Crippen LogP contribution is 2.16. The first-order valence-corrected chi connectivity index (χ1v) is 8.35. The van der Waals surface area contributed by atoms with Gasteiger partial charge in [0.05, 0.1) is 6.54 Å². The number of carbonyl (C=O) groups excluding carboxylic acids is 2. The molecule has 1 aromatic heterocycles. The predicted molar refractivity (Wildman–Crippen MR) is 89.0 cm³/mol. The van der Waals surface area contributed by atoms with Crippen LogP contribution in [0.1, 0.15) is 28.7 Å². The Hall–Kier alpha value is -1.80. The van der Waals surface area contributed by atoms with Crippen LogP contribution in [0.3, 0.4) is 0 Å². The molecule has 22 heavy (non-hydrogen) atoms. The molecular weight excluding hydrogens is 368 g/mol. The van der Waals surface area contributed by atoms with E-state index in [0.717, 1.165) is 22.3 Å². The number of anilines is 1. The fourth-order valence-corrected chi connectivity index (χ4v) is 2.93. The molecular formula is C14H15BrN4O2S. The van der Waals surface area contributed by atoms with E-state index in [1.165, 1.54) is 11.3 Å². The van der Waals surface area contributed by atoms with Crippen LogP contribution in [-0.2, 0) is 11.2 Å². The van der Waals surface area contributed by atoms with Gasteiger partial charge in [-0.05, 0) is 24.6 Å². The van der Waals surface area contributed by atoms with Gasteiger partial charge in [-0.1, -0.05) is 40.3 Å². The van der Waals surface area contributed by atoms with Crippen molar-refractivity contribution in [2.45, 2.75) is 19.8 Å².